The molecule has 0 unspecified atom stereocenters. The number of rotatable bonds is 8. The van der Waals surface area contributed by atoms with E-state index in [0.29, 0.717) is 0 Å². The van der Waals surface area contributed by atoms with Crippen LogP contribution in [0.5, 0.6) is 11.5 Å². The van der Waals surface area contributed by atoms with Gasteiger partial charge in [-0.05, 0) is 108 Å². The van der Waals surface area contributed by atoms with Gasteiger partial charge in [-0.25, -0.2) is 0 Å². The standard InChI is InChI=1S/C27H22O3S2/c1-29-22-9-3-19(4-10-22)26-17-15-24(31-26)13-7-21(28)8-14-25-16-18-27(32-25)20-5-11-23(30-2)12-6-20/h3-18H,1-2H3. The zero-order valence-electron chi connectivity index (χ0n) is 17.8. The van der Waals surface area contributed by atoms with E-state index < -0.39 is 0 Å². The van der Waals surface area contributed by atoms with Crippen molar-refractivity contribution in [2.45, 2.75) is 0 Å². The molecule has 32 heavy (non-hydrogen) atoms. The van der Waals surface area contributed by atoms with Gasteiger partial charge >= 0.3 is 0 Å². The van der Waals surface area contributed by atoms with Crippen molar-refractivity contribution >= 4 is 40.6 Å². The van der Waals surface area contributed by atoms with Crippen LogP contribution in [0.15, 0.2) is 84.9 Å². The summed E-state index contributed by atoms with van der Waals surface area (Å²) in [4.78, 5) is 16.7. The molecule has 0 N–H and O–H groups in total. The first-order valence-corrected chi connectivity index (χ1v) is 11.7. The Labute approximate surface area is 195 Å². The Balaban J connectivity index is 1.37. The van der Waals surface area contributed by atoms with E-state index in [1.807, 2.05) is 72.8 Å². The van der Waals surface area contributed by atoms with Crippen LogP contribution in [0.25, 0.3) is 33.0 Å². The minimum Gasteiger partial charge on any atom is -0.497 e. The molecule has 0 bridgehead atoms. The molecule has 3 nitrogen and oxygen atoms in total. The fourth-order valence-corrected chi connectivity index (χ4v) is 4.92. The minimum atomic E-state index is -0.0382. The average Bonchev–Trinajstić information content (AvgIpc) is 3.51. The van der Waals surface area contributed by atoms with Gasteiger partial charge in [0, 0.05) is 19.5 Å². The maximum absolute atomic E-state index is 12.3. The van der Waals surface area contributed by atoms with Gasteiger partial charge in [0.25, 0.3) is 0 Å². The van der Waals surface area contributed by atoms with Crippen LogP contribution >= 0.6 is 22.7 Å². The van der Waals surface area contributed by atoms with Crippen molar-refractivity contribution in [3.63, 3.8) is 0 Å². The SMILES string of the molecule is COc1ccc(-c2ccc(C=CC(=O)C=Cc3ccc(-c4ccc(OC)cc4)s3)s2)cc1. The molecule has 0 fully saturated rings. The molecule has 2 aromatic carbocycles. The van der Waals surface area contributed by atoms with E-state index in [1.165, 1.54) is 0 Å². The summed E-state index contributed by atoms with van der Waals surface area (Å²) in [5.74, 6) is 1.64. The summed E-state index contributed by atoms with van der Waals surface area (Å²) in [5.41, 5.74) is 2.26. The molecule has 0 aliphatic heterocycles. The topological polar surface area (TPSA) is 35.5 Å². The van der Waals surface area contributed by atoms with Crippen molar-refractivity contribution in [2.24, 2.45) is 0 Å². The van der Waals surface area contributed by atoms with Crippen LogP contribution in [-0.4, -0.2) is 20.0 Å². The smallest absolute Gasteiger partial charge is 0.178 e. The predicted molar refractivity (Wildman–Crippen MR) is 136 cm³/mol. The number of thiophene rings is 2. The Morgan fingerprint density at radius 2 is 1.03 bits per heavy atom. The molecule has 160 valence electrons. The first-order valence-electron chi connectivity index (χ1n) is 10.0. The second-order valence-corrected chi connectivity index (χ2v) is 9.16. The zero-order chi connectivity index (χ0) is 22.3. The molecule has 5 heteroatoms. The molecule has 0 saturated heterocycles. The fraction of sp³-hybridized carbons (Fsp3) is 0.0741. The summed E-state index contributed by atoms with van der Waals surface area (Å²) in [5, 5.41) is 0. The van der Waals surface area contributed by atoms with Crippen LogP contribution in [0.2, 0.25) is 0 Å². The number of benzene rings is 2. The Kier molecular flexibility index (Phi) is 7.00. The van der Waals surface area contributed by atoms with Crippen molar-refractivity contribution < 1.29 is 14.3 Å². The molecule has 0 aliphatic carbocycles. The number of hydrogen-bond acceptors (Lipinski definition) is 5. The normalized spacial score (nSPS) is 11.3. The number of carbonyl (C=O) groups is 1. The Bertz CT molecular complexity index is 1150. The van der Waals surface area contributed by atoms with E-state index in [1.54, 1.807) is 49.0 Å². The third-order valence-corrected chi connectivity index (χ3v) is 7.03. The summed E-state index contributed by atoms with van der Waals surface area (Å²) in [6.07, 6.45) is 6.94. The number of hydrogen-bond donors (Lipinski definition) is 0. The predicted octanol–water partition coefficient (Wildman–Crippen LogP) is 7.46. The summed E-state index contributed by atoms with van der Waals surface area (Å²) < 4.78 is 10.4. The lowest BCUT2D eigenvalue weighted by molar-refractivity contribution is -0.110. The molecule has 4 aromatic rings. The molecule has 0 atom stereocenters. The van der Waals surface area contributed by atoms with Gasteiger partial charge in [-0.15, -0.1) is 22.7 Å². The lowest BCUT2D eigenvalue weighted by atomic mass is 10.2. The third-order valence-electron chi connectivity index (χ3n) is 4.83. The van der Waals surface area contributed by atoms with Crippen molar-refractivity contribution in [3.8, 4) is 32.4 Å². The molecule has 2 aromatic heterocycles. The number of methoxy groups -OCH3 is 2. The van der Waals surface area contributed by atoms with E-state index >= 15 is 0 Å². The molecule has 0 amide bonds. The van der Waals surface area contributed by atoms with Gasteiger partial charge in [-0.3, -0.25) is 4.79 Å². The van der Waals surface area contributed by atoms with E-state index in [0.717, 1.165) is 42.1 Å². The van der Waals surface area contributed by atoms with Crippen LogP contribution in [0.1, 0.15) is 9.75 Å². The van der Waals surface area contributed by atoms with Gasteiger partial charge in [-0.2, -0.15) is 0 Å². The molecule has 0 saturated carbocycles. The summed E-state index contributed by atoms with van der Waals surface area (Å²) in [6, 6.07) is 24.1. The maximum Gasteiger partial charge on any atom is 0.178 e. The Morgan fingerprint density at radius 1 is 0.625 bits per heavy atom. The maximum atomic E-state index is 12.3. The van der Waals surface area contributed by atoms with E-state index in [4.69, 9.17) is 9.47 Å². The Morgan fingerprint density at radius 3 is 1.41 bits per heavy atom. The van der Waals surface area contributed by atoms with Gasteiger partial charge in [0.05, 0.1) is 14.2 Å². The number of allylic oxidation sites excluding steroid dienone is 2. The molecule has 2 heterocycles. The first kappa shape index (κ1) is 21.8. The lowest BCUT2D eigenvalue weighted by Gasteiger charge is -2.00. The van der Waals surface area contributed by atoms with E-state index in [9.17, 15) is 4.79 Å². The van der Waals surface area contributed by atoms with Gasteiger partial charge < -0.3 is 9.47 Å². The van der Waals surface area contributed by atoms with Gasteiger partial charge in [0.15, 0.2) is 5.78 Å². The summed E-state index contributed by atoms with van der Waals surface area (Å²) >= 11 is 3.30. The number of carbonyl (C=O) groups excluding carboxylic acids is 1. The van der Waals surface area contributed by atoms with Gasteiger partial charge in [0.1, 0.15) is 11.5 Å². The van der Waals surface area contributed by atoms with Crippen LogP contribution in [0.3, 0.4) is 0 Å². The zero-order valence-corrected chi connectivity index (χ0v) is 19.4. The third kappa shape index (κ3) is 5.44. The fourth-order valence-electron chi connectivity index (χ4n) is 3.09. The quantitative estimate of drug-likeness (QED) is 0.257. The molecular formula is C27H22O3S2. The van der Waals surface area contributed by atoms with Crippen molar-refractivity contribution in [2.75, 3.05) is 14.2 Å². The van der Waals surface area contributed by atoms with E-state index in [-0.39, 0.29) is 5.78 Å². The minimum absolute atomic E-state index is 0.0382. The van der Waals surface area contributed by atoms with Crippen LogP contribution < -0.4 is 9.47 Å². The highest BCUT2D eigenvalue weighted by Gasteiger charge is 2.04. The first-order chi connectivity index (χ1) is 15.6. The largest absolute Gasteiger partial charge is 0.497 e. The lowest BCUT2D eigenvalue weighted by Crippen LogP contribution is -1.83. The number of ketones is 1. The van der Waals surface area contributed by atoms with Crippen LogP contribution in [0, 0.1) is 0 Å². The molecule has 0 spiro atoms. The van der Waals surface area contributed by atoms with Crippen LogP contribution in [0.4, 0.5) is 0 Å². The van der Waals surface area contributed by atoms with Crippen molar-refractivity contribution in [1.82, 2.24) is 0 Å². The second kappa shape index (κ2) is 10.3. The van der Waals surface area contributed by atoms with E-state index in [2.05, 4.69) is 12.1 Å². The molecular weight excluding hydrogens is 436 g/mol. The molecule has 0 aliphatic rings. The number of ether oxygens (including phenoxy) is 2. The highest BCUT2D eigenvalue weighted by molar-refractivity contribution is 7.16. The average molecular weight is 459 g/mol. The molecule has 4 rings (SSSR count). The van der Waals surface area contributed by atoms with Crippen LogP contribution in [-0.2, 0) is 4.79 Å². The summed E-state index contributed by atoms with van der Waals surface area (Å²) in [6.45, 7) is 0. The second-order valence-electron chi connectivity index (χ2n) is 6.93. The van der Waals surface area contributed by atoms with Gasteiger partial charge in [-0.1, -0.05) is 0 Å². The summed E-state index contributed by atoms with van der Waals surface area (Å²) in [7, 11) is 3.32. The van der Waals surface area contributed by atoms with Crippen molar-refractivity contribution in [3.05, 3.63) is 94.7 Å². The monoisotopic (exact) mass is 458 g/mol. The molecule has 0 radical (unpaired) electrons. The van der Waals surface area contributed by atoms with Gasteiger partial charge in [0.2, 0.25) is 0 Å². The Hall–Kier alpha value is -3.41. The van der Waals surface area contributed by atoms with Crippen molar-refractivity contribution in [1.29, 1.82) is 0 Å². The highest BCUT2D eigenvalue weighted by atomic mass is 32.1. The highest BCUT2D eigenvalue weighted by Crippen LogP contribution is 2.31.